The van der Waals surface area contributed by atoms with Crippen LogP contribution in [0, 0.1) is 0 Å². The van der Waals surface area contributed by atoms with Gasteiger partial charge in [0.2, 0.25) is 0 Å². The van der Waals surface area contributed by atoms with Gasteiger partial charge < -0.3 is 5.32 Å². The Balaban J connectivity index is 1.83. The minimum absolute atomic E-state index is 0.453. The van der Waals surface area contributed by atoms with E-state index < -0.39 is 0 Å². The van der Waals surface area contributed by atoms with E-state index in [-0.39, 0.29) is 0 Å². The Morgan fingerprint density at radius 2 is 1.70 bits per heavy atom. The number of benzene rings is 2. The summed E-state index contributed by atoms with van der Waals surface area (Å²) in [4.78, 5) is 2.59. The number of hydrogen-bond donors (Lipinski definition) is 1. The second-order valence-electron chi connectivity index (χ2n) is 5.47. The van der Waals surface area contributed by atoms with Crippen molar-refractivity contribution in [1.29, 1.82) is 0 Å². The van der Waals surface area contributed by atoms with Gasteiger partial charge in [0.25, 0.3) is 0 Å². The van der Waals surface area contributed by atoms with Crippen molar-refractivity contribution in [2.24, 2.45) is 0 Å². The molecule has 1 aliphatic rings. The highest BCUT2D eigenvalue weighted by Crippen LogP contribution is 2.27. The second-order valence-corrected chi connectivity index (χ2v) is 5.47. The van der Waals surface area contributed by atoms with Gasteiger partial charge in [-0.05, 0) is 30.2 Å². The topological polar surface area (TPSA) is 15.3 Å². The van der Waals surface area contributed by atoms with Gasteiger partial charge in [0.15, 0.2) is 0 Å². The van der Waals surface area contributed by atoms with Crippen LogP contribution in [0.2, 0.25) is 0 Å². The Morgan fingerprint density at radius 3 is 2.45 bits per heavy atom. The van der Waals surface area contributed by atoms with E-state index in [1.807, 2.05) is 7.05 Å². The van der Waals surface area contributed by atoms with E-state index in [9.17, 15) is 0 Å². The van der Waals surface area contributed by atoms with Crippen LogP contribution in [0.25, 0.3) is 0 Å². The number of hydrogen-bond acceptors (Lipinski definition) is 2. The van der Waals surface area contributed by atoms with Gasteiger partial charge in [-0.15, -0.1) is 0 Å². The molecule has 2 aromatic carbocycles. The molecule has 2 aromatic rings. The molecule has 1 unspecified atom stereocenters. The van der Waals surface area contributed by atoms with Gasteiger partial charge in [-0.25, -0.2) is 0 Å². The zero-order valence-corrected chi connectivity index (χ0v) is 12.0. The molecule has 0 bridgehead atoms. The van der Waals surface area contributed by atoms with Gasteiger partial charge in [-0.1, -0.05) is 54.6 Å². The Hall–Kier alpha value is -1.64. The lowest BCUT2D eigenvalue weighted by atomic mass is 9.96. The lowest BCUT2D eigenvalue weighted by Crippen LogP contribution is -2.38. The van der Waals surface area contributed by atoms with Crippen LogP contribution in [-0.2, 0) is 13.0 Å². The average molecular weight is 266 g/mol. The maximum Gasteiger partial charge on any atom is 0.0476 e. The highest BCUT2D eigenvalue weighted by Gasteiger charge is 2.23. The standard InChI is InChI=1S/C18H22N2/c1-19-13-18(16-8-3-2-4-9-16)20-12-11-15-7-5-6-10-17(15)14-20/h2-10,18-19H,11-14H2,1H3. The van der Waals surface area contributed by atoms with E-state index in [0.717, 1.165) is 26.1 Å². The van der Waals surface area contributed by atoms with E-state index in [0.29, 0.717) is 6.04 Å². The molecular weight excluding hydrogens is 244 g/mol. The van der Waals surface area contributed by atoms with Crippen molar-refractivity contribution in [2.75, 3.05) is 20.1 Å². The van der Waals surface area contributed by atoms with E-state index in [1.54, 1.807) is 0 Å². The maximum absolute atomic E-state index is 3.35. The SMILES string of the molecule is CNCC(c1ccccc1)N1CCc2ccccc2C1. The fourth-order valence-corrected chi connectivity index (χ4v) is 3.11. The number of fused-ring (bicyclic) bond motifs is 1. The van der Waals surface area contributed by atoms with Crippen LogP contribution < -0.4 is 5.32 Å². The lowest BCUT2D eigenvalue weighted by Gasteiger charge is -2.36. The smallest absolute Gasteiger partial charge is 0.0476 e. The quantitative estimate of drug-likeness (QED) is 0.915. The summed E-state index contributed by atoms with van der Waals surface area (Å²) in [6, 6.07) is 20.1. The van der Waals surface area contributed by atoms with Crippen LogP contribution in [0.1, 0.15) is 22.7 Å². The minimum Gasteiger partial charge on any atom is -0.318 e. The molecule has 20 heavy (non-hydrogen) atoms. The highest BCUT2D eigenvalue weighted by molar-refractivity contribution is 5.30. The molecule has 0 aliphatic carbocycles. The fourth-order valence-electron chi connectivity index (χ4n) is 3.11. The van der Waals surface area contributed by atoms with Crippen LogP contribution >= 0.6 is 0 Å². The summed E-state index contributed by atoms with van der Waals surface area (Å²) in [5.41, 5.74) is 4.40. The summed E-state index contributed by atoms with van der Waals surface area (Å²) in [5.74, 6) is 0. The fraction of sp³-hybridized carbons (Fsp3) is 0.333. The van der Waals surface area contributed by atoms with Gasteiger partial charge in [-0.3, -0.25) is 4.90 Å². The summed E-state index contributed by atoms with van der Waals surface area (Å²) < 4.78 is 0. The van der Waals surface area contributed by atoms with Crippen molar-refractivity contribution in [3.05, 3.63) is 71.3 Å². The van der Waals surface area contributed by atoms with Crippen LogP contribution in [0.3, 0.4) is 0 Å². The maximum atomic E-state index is 3.35. The molecule has 0 saturated heterocycles. The number of likely N-dealkylation sites (N-methyl/N-ethyl adjacent to an activating group) is 1. The third-order valence-electron chi connectivity index (χ3n) is 4.18. The van der Waals surface area contributed by atoms with E-state index in [4.69, 9.17) is 0 Å². The van der Waals surface area contributed by atoms with E-state index in [2.05, 4.69) is 64.8 Å². The molecule has 0 radical (unpaired) electrons. The van der Waals surface area contributed by atoms with Crippen molar-refractivity contribution >= 4 is 0 Å². The Bertz CT molecular complexity index is 550. The molecule has 0 aromatic heterocycles. The first-order valence-electron chi connectivity index (χ1n) is 7.39. The van der Waals surface area contributed by atoms with Gasteiger partial charge in [-0.2, -0.15) is 0 Å². The summed E-state index contributed by atoms with van der Waals surface area (Å²) in [7, 11) is 2.04. The van der Waals surface area contributed by atoms with Crippen molar-refractivity contribution in [3.8, 4) is 0 Å². The molecule has 0 fully saturated rings. The summed E-state index contributed by atoms with van der Waals surface area (Å²) in [5, 5.41) is 3.35. The van der Waals surface area contributed by atoms with E-state index in [1.165, 1.54) is 16.7 Å². The molecule has 3 rings (SSSR count). The second kappa shape index (κ2) is 6.21. The van der Waals surface area contributed by atoms with E-state index >= 15 is 0 Å². The average Bonchev–Trinajstić information content (AvgIpc) is 2.53. The van der Waals surface area contributed by atoms with Crippen LogP contribution in [-0.4, -0.2) is 25.0 Å². The summed E-state index contributed by atoms with van der Waals surface area (Å²) >= 11 is 0. The van der Waals surface area contributed by atoms with Crippen LogP contribution in [0.5, 0.6) is 0 Å². The molecule has 104 valence electrons. The van der Waals surface area contributed by atoms with Gasteiger partial charge >= 0.3 is 0 Å². The van der Waals surface area contributed by atoms with Crippen molar-refractivity contribution < 1.29 is 0 Å². The first-order valence-corrected chi connectivity index (χ1v) is 7.39. The highest BCUT2D eigenvalue weighted by atomic mass is 15.2. The Labute approximate surface area is 121 Å². The first-order chi connectivity index (χ1) is 9.88. The van der Waals surface area contributed by atoms with Crippen molar-refractivity contribution in [3.63, 3.8) is 0 Å². The molecule has 1 N–H and O–H groups in total. The number of rotatable bonds is 4. The minimum atomic E-state index is 0.453. The molecule has 0 amide bonds. The van der Waals surface area contributed by atoms with Crippen LogP contribution in [0.4, 0.5) is 0 Å². The summed E-state index contributed by atoms with van der Waals surface area (Å²) in [6.07, 6.45) is 1.16. The molecule has 1 atom stereocenters. The monoisotopic (exact) mass is 266 g/mol. The zero-order chi connectivity index (χ0) is 13.8. The number of nitrogens with zero attached hydrogens (tertiary/aromatic N) is 1. The van der Waals surface area contributed by atoms with Crippen molar-refractivity contribution in [1.82, 2.24) is 10.2 Å². The predicted octanol–water partition coefficient (Wildman–Crippen LogP) is 3.01. The lowest BCUT2D eigenvalue weighted by molar-refractivity contribution is 0.177. The molecule has 2 nitrogen and oxygen atoms in total. The largest absolute Gasteiger partial charge is 0.318 e. The summed E-state index contributed by atoms with van der Waals surface area (Å²) in [6.45, 7) is 3.18. The normalized spacial score (nSPS) is 16.6. The third-order valence-corrected chi connectivity index (χ3v) is 4.18. The Morgan fingerprint density at radius 1 is 1.00 bits per heavy atom. The molecule has 2 heteroatoms. The number of nitrogens with one attached hydrogen (secondary N) is 1. The van der Waals surface area contributed by atoms with Gasteiger partial charge in [0.05, 0.1) is 0 Å². The van der Waals surface area contributed by atoms with Gasteiger partial charge in [0, 0.05) is 25.7 Å². The first kappa shape index (κ1) is 13.3. The molecular formula is C18H22N2. The van der Waals surface area contributed by atoms with Crippen molar-refractivity contribution in [2.45, 2.75) is 19.0 Å². The van der Waals surface area contributed by atoms with Crippen LogP contribution in [0.15, 0.2) is 54.6 Å². The Kier molecular flexibility index (Phi) is 4.14. The molecule has 0 saturated carbocycles. The molecule has 1 heterocycles. The molecule has 1 aliphatic heterocycles. The molecule has 0 spiro atoms. The third kappa shape index (κ3) is 2.77. The van der Waals surface area contributed by atoms with Gasteiger partial charge in [0.1, 0.15) is 0 Å². The predicted molar refractivity (Wildman–Crippen MR) is 83.7 cm³/mol. The zero-order valence-electron chi connectivity index (χ0n) is 12.0.